The fourth-order valence-electron chi connectivity index (χ4n) is 3.93. The number of hydrogen-bond donors (Lipinski definition) is 1. The monoisotopic (exact) mass is 345 g/mol. The number of carbonyl (C=O) groups is 1. The molecule has 2 saturated heterocycles. The van der Waals surface area contributed by atoms with Crippen molar-refractivity contribution in [3.8, 4) is 0 Å². The Morgan fingerprint density at radius 2 is 1.92 bits per heavy atom. The molecule has 3 rings (SSSR count). The average Bonchev–Trinajstić information content (AvgIpc) is 3.20. The van der Waals surface area contributed by atoms with Gasteiger partial charge in [-0.3, -0.25) is 4.79 Å². The largest absolute Gasteiger partial charge is 0.342 e. The predicted octanol–water partition coefficient (Wildman–Crippen LogP) is 2.20. The molecule has 2 aliphatic heterocycles. The second kappa shape index (κ2) is 8.61. The number of rotatable bonds is 6. The zero-order valence-corrected chi connectivity index (χ0v) is 15.6. The van der Waals surface area contributed by atoms with Crippen molar-refractivity contribution in [2.45, 2.75) is 58.5 Å². The summed E-state index contributed by atoms with van der Waals surface area (Å²) in [4.78, 5) is 25.3. The molecule has 1 N–H and O–H groups in total. The molecule has 0 radical (unpaired) electrons. The fraction of sp³-hybridized carbons (Fsp3) is 0.737. The van der Waals surface area contributed by atoms with Crippen LogP contribution in [0.2, 0.25) is 0 Å². The van der Waals surface area contributed by atoms with E-state index in [9.17, 15) is 4.79 Å². The van der Waals surface area contributed by atoms with E-state index >= 15 is 0 Å². The van der Waals surface area contributed by atoms with E-state index in [1.165, 1.54) is 12.8 Å². The molecule has 138 valence electrons. The molecule has 2 fully saturated rings. The van der Waals surface area contributed by atoms with Gasteiger partial charge in [0.1, 0.15) is 0 Å². The Morgan fingerprint density at radius 3 is 2.56 bits per heavy atom. The van der Waals surface area contributed by atoms with E-state index in [-0.39, 0.29) is 5.91 Å². The van der Waals surface area contributed by atoms with Crippen molar-refractivity contribution in [3.63, 3.8) is 0 Å². The van der Waals surface area contributed by atoms with E-state index in [0.29, 0.717) is 18.4 Å². The zero-order chi connectivity index (χ0) is 17.6. The van der Waals surface area contributed by atoms with Gasteiger partial charge in [0, 0.05) is 63.1 Å². The van der Waals surface area contributed by atoms with Gasteiger partial charge in [-0.1, -0.05) is 20.3 Å². The number of nitrogens with one attached hydrogen (secondary N) is 1. The van der Waals surface area contributed by atoms with E-state index in [1.807, 2.05) is 24.2 Å². The Labute approximate surface area is 151 Å². The molecule has 0 bridgehead atoms. The highest BCUT2D eigenvalue weighted by Gasteiger charge is 2.29. The van der Waals surface area contributed by atoms with Crippen molar-refractivity contribution in [2.75, 3.05) is 31.1 Å². The van der Waals surface area contributed by atoms with Gasteiger partial charge >= 0.3 is 0 Å². The van der Waals surface area contributed by atoms with E-state index in [4.69, 9.17) is 0 Å². The molecule has 3 heterocycles. The second-order valence-electron chi connectivity index (χ2n) is 7.22. The molecule has 6 nitrogen and oxygen atoms in total. The van der Waals surface area contributed by atoms with Gasteiger partial charge in [0.05, 0.1) is 0 Å². The summed E-state index contributed by atoms with van der Waals surface area (Å²) in [6, 6.07) is 0.462. The van der Waals surface area contributed by atoms with Crippen LogP contribution >= 0.6 is 0 Å². The van der Waals surface area contributed by atoms with E-state index < -0.39 is 0 Å². The predicted molar refractivity (Wildman–Crippen MR) is 99.4 cm³/mol. The summed E-state index contributed by atoms with van der Waals surface area (Å²) in [6.07, 6.45) is 9.10. The van der Waals surface area contributed by atoms with Crippen LogP contribution in [0.25, 0.3) is 0 Å². The number of aromatic nitrogens is 2. The number of hydrogen-bond acceptors (Lipinski definition) is 5. The molecule has 2 aliphatic rings. The van der Waals surface area contributed by atoms with Crippen LogP contribution in [0.15, 0.2) is 12.4 Å². The average molecular weight is 345 g/mol. The van der Waals surface area contributed by atoms with Crippen molar-refractivity contribution in [3.05, 3.63) is 18.0 Å². The standard InChI is InChI=1S/C19H31N5O/c1-3-16-14-24(18(25)4-2)10-7-17(16)20-11-15-12-21-19(22-13-15)23-8-5-6-9-23/h12-13,16-17,20H,3-11,14H2,1-2H3. The molecular weight excluding hydrogens is 314 g/mol. The molecule has 0 aromatic carbocycles. The third-order valence-electron chi connectivity index (χ3n) is 5.56. The first-order valence-corrected chi connectivity index (χ1v) is 9.78. The summed E-state index contributed by atoms with van der Waals surface area (Å²) in [5.74, 6) is 1.66. The van der Waals surface area contributed by atoms with Crippen LogP contribution in [-0.2, 0) is 11.3 Å². The Bertz CT molecular complexity index is 555. The lowest BCUT2D eigenvalue weighted by Crippen LogP contribution is -2.50. The lowest BCUT2D eigenvalue weighted by Gasteiger charge is -2.38. The number of anilines is 1. The van der Waals surface area contributed by atoms with Crippen LogP contribution in [0.5, 0.6) is 0 Å². The lowest BCUT2D eigenvalue weighted by molar-refractivity contribution is -0.133. The van der Waals surface area contributed by atoms with Crippen LogP contribution in [-0.4, -0.2) is 53.0 Å². The lowest BCUT2D eigenvalue weighted by atomic mass is 9.89. The molecule has 0 aliphatic carbocycles. The highest BCUT2D eigenvalue weighted by Crippen LogP contribution is 2.21. The number of carbonyl (C=O) groups excluding carboxylic acids is 1. The molecule has 1 amide bonds. The van der Waals surface area contributed by atoms with Gasteiger partial charge in [-0.2, -0.15) is 0 Å². The number of piperidine rings is 1. The van der Waals surface area contributed by atoms with Gasteiger partial charge in [0.2, 0.25) is 11.9 Å². The van der Waals surface area contributed by atoms with Gasteiger partial charge in [-0.25, -0.2) is 9.97 Å². The highest BCUT2D eigenvalue weighted by molar-refractivity contribution is 5.75. The Morgan fingerprint density at radius 1 is 1.20 bits per heavy atom. The van der Waals surface area contributed by atoms with E-state index in [1.54, 1.807) is 0 Å². The van der Waals surface area contributed by atoms with Gasteiger partial charge in [-0.05, 0) is 25.2 Å². The van der Waals surface area contributed by atoms with Gasteiger partial charge in [0.15, 0.2) is 0 Å². The highest BCUT2D eigenvalue weighted by atomic mass is 16.2. The molecule has 2 unspecified atom stereocenters. The summed E-state index contributed by atoms with van der Waals surface area (Å²) in [5, 5.41) is 3.67. The van der Waals surface area contributed by atoms with Crippen molar-refractivity contribution in [1.29, 1.82) is 0 Å². The number of nitrogens with zero attached hydrogens (tertiary/aromatic N) is 4. The first-order chi connectivity index (χ1) is 12.2. The first-order valence-electron chi connectivity index (χ1n) is 9.78. The van der Waals surface area contributed by atoms with Crippen molar-refractivity contribution < 1.29 is 4.79 Å². The minimum absolute atomic E-state index is 0.280. The van der Waals surface area contributed by atoms with Crippen molar-refractivity contribution >= 4 is 11.9 Å². The molecule has 6 heteroatoms. The number of likely N-dealkylation sites (tertiary alicyclic amines) is 1. The second-order valence-corrected chi connectivity index (χ2v) is 7.22. The summed E-state index contributed by atoms with van der Waals surface area (Å²) < 4.78 is 0. The number of amides is 1. The topological polar surface area (TPSA) is 61.4 Å². The molecule has 0 spiro atoms. The quantitative estimate of drug-likeness (QED) is 0.856. The summed E-state index contributed by atoms with van der Waals surface area (Å²) in [6.45, 7) is 8.85. The maximum Gasteiger partial charge on any atom is 0.225 e. The SMILES string of the molecule is CCC(=O)N1CCC(NCc2cnc(N3CCCC3)nc2)C(CC)C1. The minimum Gasteiger partial charge on any atom is -0.342 e. The van der Waals surface area contributed by atoms with E-state index in [2.05, 4.69) is 27.1 Å². The van der Waals surface area contributed by atoms with Crippen LogP contribution < -0.4 is 10.2 Å². The Hall–Kier alpha value is -1.69. The Kier molecular flexibility index (Phi) is 6.24. The smallest absolute Gasteiger partial charge is 0.225 e. The normalized spacial score (nSPS) is 23.9. The van der Waals surface area contributed by atoms with Gasteiger partial charge in [-0.15, -0.1) is 0 Å². The summed E-state index contributed by atoms with van der Waals surface area (Å²) in [7, 11) is 0. The minimum atomic E-state index is 0.280. The molecular formula is C19H31N5O. The maximum atomic E-state index is 11.9. The van der Waals surface area contributed by atoms with Crippen LogP contribution in [0.4, 0.5) is 5.95 Å². The molecule has 1 aromatic heterocycles. The van der Waals surface area contributed by atoms with Gasteiger partial charge in [0.25, 0.3) is 0 Å². The van der Waals surface area contributed by atoms with Crippen LogP contribution in [0.3, 0.4) is 0 Å². The zero-order valence-electron chi connectivity index (χ0n) is 15.6. The van der Waals surface area contributed by atoms with Crippen LogP contribution in [0, 0.1) is 5.92 Å². The summed E-state index contributed by atoms with van der Waals surface area (Å²) in [5.41, 5.74) is 1.13. The third-order valence-corrected chi connectivity index (χ3v) is 5.56. The summed E-state index contributed by atoms with van der Waals surface area (Å²) >= 11 is 0. The molecule has 1 aromatic rings. The molecule has 2 atom stereocenters. The van der Waals surface area contributed by atoms with Crippen LogP contribution in [0.1, 0.15) is 51.5 Å². The van der Waals surface area contributed by atoms with Crippen molar-refractivity contribution in [2.24, 2.45) is 5.92 Å². The third kappa shape index (κ3) is 4.48. The van der Waals surface area contributed by atoms with Gasteiger partial charge < -0.3 is 15.1 Å². The fourth-order valence-corrected chi connectivity index (χ4v) is 3.93. The maximum absolute atomic E-state index is 11.9. The van der Waals surface area contributed by atoms with Crippen molar-refractivity contribution in [1.82, 2.24) is 20.2 Å². The van der Waals surface area contributed by atoms with E-state index in [0.717, 1.165) is 57.1 Å². The Balaban J connectivity index is 1.51. The first kappa shape index (κ1) is 18.1. The molecule has 0 saturated carbocycles. The molecule has 25 heavy (non-hydrogen) atoms.